The van der Waals surface area contributed by atoms with E-state index in [0.29, 0.717) is 48.0 Å². The minimum absolute atomic E-state index is 0.0878. The zero-order valence-electron chi connectivity index (χ0n) is 12.3. The molecule has 2 aromatic rings. The second kappa shape index (κ2) is 5.61. The third-order valence-electron chi connectivity index (χ3n) is 4.14. The highest BCUT2D eigenvalue weighted by Gasteiger charge is 2.29. The molecule has 2 aromatic heterocycles. The molecule has 1 aliphatic rings. The molecular weight excluding hydrogens is 304 g/mol. The van der Waals surface area contributed by atoms with E-state index in [4.69, 9.17) is 17.3 Å². The van der Waals surface area contributed by atoms with Gasteiger partial charge in [-0.2, -0.15) is 0 Å². The Hall–Kier alpha value is -2.08. The number of hydrogen-bond donors (Lipinski definition) is 1. The summed E-state index contributed by atoms with van der Waals surface area (Å²) < 4.78 is 1.72. The molecule has 2 N–H and O–H groups in total. The summed E-state index contributed by atoms with van der Waals surface area (Å²) in [5, 5.41) is 0.548. The van der Waals surface area contributed by atoms with Gasteiger partial charge < -0.3 is 10.6 Å². The zero-order valence-corrected chi connectivity index (χ0v) is 13.0. The molecule has 1 saturated heterocycles. The van der Waals surface area contributed by atoms with Gasteiger partial charge in [0.15, 0.2) is 0 Å². The number of carbonyl (C=O) groups excluding carboxylic acids is 2. The van der Waals surface area contributed by atoms with Crippen molar-refractivity contribution in [3.05, 3.63) is 34.7 Å². The molecule has 0 aromatic carbocycles. The standard InChI is InChI=1S/C15H17ClN4O2/c1-9-13(20-8-11(16)2-3-12(20)18-9)15(22)19-6-4-10(5-7-19)14(17)21/h2-3,8,10H,4-7H2,1H3,(H2,17,21). The normalized spacial score (nSPS) is 16.2. The van der Waals surface area contributed by atoms with Crippen molar-refractivity contribution in [2.75, 3.05) is 13.1 Å². The number of pyridine rings is 1. The summed E-state index contributed by atoms with van der Waals surface area (Å²) in [6.45, 7) is 2.86. The molecule has 1 aliphatic heterocycles. The number of fused-ring (bicyclic) bond motifs is 1. The minimum atomic E-state index is -0.287. The van der Waals surface area contributed by atoms with Crippen molar-refractivity contribution >= 4 is 29.1 Å². The summed E-state index contributed by atoms with van der Waals surface area (Å²) in [6, 6.07) is 3.53. The third-order valence-corrected chi connectivity index (χ3v) is 4.37. The van der Waals surface area contributed by atoms with Crippen molar-refractivity contribution in [2.24, 2.45) is 11.7 Å². The van der Waals surface area contributed by atoms with Crippen LogP contribution >= 0.6 is 11.6 Å². The summed E-state index contributed by atoms with van der Waals surface area (Å²) in [7, 11) is 0. The fraction of sp³-hybridized carbons (Fsp3) is 0.400. The van der Waals surface area contributed by atoms with Gasteiger partial charge in [0.05, 0.1) is 10.7 Å². The molecule has 0 bridgehead atoms. The summed E-state index contributed by atoms with van der Waals surface area (Å²) >= 11 is 6.02. The summed E-state index contributed by atoms with van der Waals surface area (Å²) in [6.07, 6.45) is 2.91. The van der Waals surface area contributed by atoms with Crippen LogP contribution in [0, 0.1) is 12.8 Å². The molecular formula is C15H17ClN4O2. The number of nitrogens with two attached hydrogens (primary N) is 1. The molecule has 116 valence electrons. The number of nitrogens with zero attached hydrogens (tertiary/aromatic N) is 3. The lowest BCUT2D eigenvalue weighted by Gasteiger charge is -2.30. The lowest BCUT2D eigenvalue weighted by Crippen LogP contribution is -2.42. The van der Waals surface area contributed by atoms with Crippen LogP contribution in [0.5, 0.6) is 0 Å². The monoisotopic (exact) mass is 320 g/mol. The van der Waals surface area contributed by atoms with Gasteiger partial charge >= 0.3 is 0 Å². The number of halogens is 1. The first kappa shape index (κ1) is 14.8. The van der Waals surface area contributed by atoms with Crippen molar-refractivity contribution < 1.29 is 9.59 Å². The van der Waals surface area contributed by atoms with Crippen LogP contribution in [-0.2, 0) is 4.79 Å². The van der Waals surface area contributed by atoms with Crippen molar-refractivity contribution in [2.45, 2.75) is 19.8 Å². The number of aryl methyl sites for hydroxylation is 1. The van der Waals surface area contributed by atoms with Crippen LogP contribution in [0.25, 0.3) is 5.65 Å². The Bertz CT molecular complexity index is 747. The molecule has 0 saturated carbocycles. The van der Waals surface area contributed by atoms with Gasteiger partial charge in [0, 0.05) is 25.2 Å². The van der Waals surface area contributed by atoms with Crippen LogP contribution < -0.4 is 5.73 Å². The van der Waals surface area contributed by atoms with Crippen LogP contribution in [0.1, 0.15) is 29.0 Å². The van der Waals surface area contributed by atoms with Crippen molar-refractivity contribution in [3.63, 3.8) is 0 Å². The van der Waals surface area contributed by atoms with Crippen LogP contribution in [0.3, 0.4) is 0 Å². The number of imidazole rings is 1. The van der Waals surface area contributed by atoms with E-state index >= 15 is 0 Å². The van der Waals surface area contributed by atoms with E-state index in [0.717, 1.165) is 0 Å². The Morgan fingerprint density at radius 2 is 2.00 bits per heavy atom. The maximum Gasteiger partial charge on any atom is 0.272 e. The van der Waals surface area contributed by atoms with E-state index in [-0.39, 0.29) is 17.7 Å². The number of likely N-dealkylation sites (tertiary alicyclic amines) is 1. The Balaban J connectivity index is 1.88. The van der Waals surface area contributed by atoms with Crippen molar-refractivity contribution in [1.82, 2.24) is 14.3 Å². The van der Waals surface area contributed by atoms with Gasteiger partial charge in [-0.1, -0.05) is 11.6 Å². The van der Waals surface area contributed by atoms with E-state index < -0.39 is 0 Å². The fourth-order valence-electron chi connectivity index (χ4n) is 2.91. The van der Waals surface area contributed by atoms with Crippen molar-refractivity contribution in [1.29, 1.82) is 0 Å². The lowest BCUT2D eigenvalue weighted by molar-refractivity contribution is -0.123. The molecule has 6 nitrogen and oxygen atoms in total. The van der Waals surface area contributed by atoms with Crippen LogP contribution in [0.2, 0.25) is 5.02 Å². The fourth-order valence-corrected chi connectivity index (χ4v) is 3.07. The van der Waals surface area contributed by atoms with Crippen LogP contribution in [0.15, 0.2) is 18.3 Å². The first-order chi connectivity index (χ1) is 10.5. The number of aromatic nitrogens is 2. The largest absolute Gasteiger partial charge is 0.369 e. The van der Waals surface area contributed by atoms with E-state index in [9.17, 15) is 9.59 Å². The molecule has 2 amide bonds. The van der Waals surface area contributed by atoms with Gasteiger partial charge in [-0.05, 0) is 31.9 Å². The second-order valence-corrected chi connectivity index (χ2v) is 6.03. The summed E-state index contributed by atoms with van der Waals surface area (Å²) in [4.78, 5) is 30.1. The Kier molecular flexibility index (Phi) is 3.78. The number of carbonyl (C=O) groups is 2. The molecule has 7 heteroatoms. The maximum atomic E-state index is 12.8. The number of primary amides is 1. The Labute approximate surface area is 132 Å². The summed E-state index contributed by atoms with van der Waals surface area (Å²) in [5.74, 6) is -0.512. The Morgan fingerprint density at radius 1 is 1.32 bits per heavy atom. The second-order valence-electron chi connectivity index (χ2n) is 5.59. The van der Waals surface area contributed by atoms with Crippen LogP contribution in [0.4, 0.5) is 0 Å². The first-order valence-corrected chi connectivity index (χ1v) is 7.58. The van der Waals surface area contributed by atoms with Gasteiger partial charge in [0.2, 0.25) is 5.91 Å². The molecule has 0 radical (unpaired) electrons. The van der Waals surface area contributed by atoms with Gasteiger partial charge in [-0.15, -0.1) is 0 Å². The van der Waals surface area contributed by atoms with E-state index in [1.165, 1.54) is 0 Å². The summed E-state index contributed by atoms with van der Waals surface area (Å²) in [5.41, 5.74) is 7.21. The van der Waals surface area contributed by atoms with Crippen molar-refractivity contribution in [3.8, 4) is 0 Å². The predicted octanol–water partition coefficient (Wildman–Crippen LogP) is 1.63. The number of amides is 2. The smallest absolute Gasteiger partial charge is 0.272 e. The average Bonchev–Trinajstić information content (AvgIpc) is 2.82. The number of hydrogen-bond acceptors (Lipinski definition) is 3. The Morgan fingerprint density at radius 3 is 2.64 bits per heavy atom. The van der Waals surface area contributed by atoms with E-state index in [1.807, 2.05) is 6.92 Å². The number of rotatable bonds is 2. The zero-order chi connectivity index (χ0) is 15.9. The van der Waals surface area contributed by atoms with Gasteiger partial charge in [-0.25, -0.2) is 4.98 Å². The quantitative estimate of drug-likeness (QED) is 0.913. The topological polar surface area (TPSA) is 80.7 Å². The third kappa shape index (κ3) is 2.54. The van der Waals surface area contributed by atoms with E-state index in [2.05, 4.69) is 4.98 Å². The van der Waals surface area contributed by atoms with Gasteiger partial charge in [-0.3, -0.25) is 14.0 Å². The minimum Gasteiger partial charge on any atom is -0.369 e. The molecule has 0 atom stereocenters. The lowest BCUT2D eigenvalue weighted by atomic mass is 9.96. The van der Waals surface area contributed by atoms with Crippen LogP contribution in [-0.4, -0.2) is 39.2 Å². The molecule has 0 aliphatic carbocycles. The van der Waals surface area contributed by atoms with E-state index in [1.54, 1.807) is 27.6 Å². The highest BCUT2D eigenvalue weighted by atomic mass is 35.5. The average molecular weight is 321 g/mol. The number of piperidine rings is 1. The predicted molar refractivity (Wildman–Crippen MR) is 82.8 cm³/mol. The molecule has 1 fully saturated rings. The molecule has 3 rings (SSSR count). The molecule has 0 spiro atoms. The molecule has 3 heterocycles. The van der Waals surface area contributed by atoms with Gasteiger partial charge in [0.25, 0.3) is 5.91 Å². The maximum absolute atomic E-state index is 12.8. The highest BCUT2D eigenvalue weighted by Crippen LogP contribution is 2.22. The SMILES string of the molecule is Cc1nc2ccc(Cl)cn2c1C(=O)N1CCC(C(N)=O)CC1. The van der Waals surface area contributed by atoms with Gasteiger partial charge in [0.1, 0.15) is 11.3 Å². The molecule has 22 heavy (non-hydrogen) atoms. The first-order valence-electron chi connectivity index (χ1n) is 7.20. The highest BCUT2D eigenvalue weighted by molar-refractivity contribution is 6.30. The molecule has 0 unspecified atom stereocenters.